The number of thiophene rings is 1. The number of hydrogen-bond donors (Lipinski definition) is 1. The van der Waals surface area contributed by atoms with Crippen molar-refractivity contribution < 1.29 is 0 Å². The highest BCUT2D eigenvalue weighted by molar-refractivity contribution is 7.10. The van der Waals surface area contributed by atoms with Crippen molar-refractivity contribution in [2.24, 2.45) is 0 Å². The maximum atomic E-state index is 3.91. The van der Waals surface area contributed by atoms with E-state index in [1.807, 2.05) is 11.3 Å². The average Bonchev–Trinajstić information content (AvgIpc) is 2.79. The molecule has 0 aromatic carbocycles. The Bertz CT molecular complexity index is 325. The van der Waals surface area contributed by atoms with E-state index >= 15 is 0 Å². The van der Waals surface area contributed by atoms with Crippen LogP contribution < -0.4 is 5.32 Å². The fourth-order valence-corrected chi connectivity index (χ4v) is 3.94. The van der Waals surface area contributed by atoms with Crippen LogP contribution in [0.15, 0.2) is 11.4 Å². The molecule has 96 valence electrons. The first-order valence-electron chi connectivity index (χ1n) is 7.17. The van der Waals surface area contributed by atoms with Crippen LogP contribution in [0.4, 0.5) is 0 Å². The third-order valence-corrected chi connectivity index (χ3v) is 4.76. The van der Waals surface area contributed by atoms with Gasteiger partial charge in [-0.15, -0.1) is 11.3 Å². The van der Waals surface area contributed by atoms with Crippen LogP contribution in [-0.4, -0.2) is 6.04 Å². The Balaban J connectivity index is 1.99. The molecule has 17 heavy (non-hydrogen) atoms. The van der Waals surface area contributed by atoms with Gasteiger partial charge >= 0.3 is 0 Å². The van der Waals surface area contributed by atoms with Crippen LogP contribution >= 0.6 is 11.3 Å². The molecule has 1 nitrogen and oxygen atoms in total. The van der Waals surface area contributed by atoms with Crippen LogP contribution in [0.2, 0.25) is 0 Å². The van der Waals surface area contributed by atoms with Gasteiger partial charge in [-0.3, -0.25) is 0 Å². The summed E-state index contributed by atoms with van der Waals surface area (Å²) >= 11 is 1.94. The molecule has 0 saturated heterocycles. The lowest BCUT2D eigenvalue weighted by molar-refractivity contribution is 0.362. The molecular formula is C15H25NS. The van der Waals surface area contributed by atoms with Crippen molar-refractivity contribution >= 4 is 11.3 Å². The van der Waals surface area contributed by atoms with Gasteiger partial charge in [-0.1, -0.05) is 26.7 Å². The normalized spacial score (nSPS) is 19.6. The van der Waals surface area contributed by atoms with Crippen LogP contribution in [0.3, 0.4) is 0 Å². The summed E-state index contributed by atoms with van der Waals surface area (Å²) in [6.07, 6.45) is 9.22. The Morgan fingerprint density at radius 1 is 1.35 bits per heavy atom. The quantitative estimate of drug-likeness (QED) is 0.774. The molecular weight excluding hydrogens is 226 g/mol. The summed E-state index contributed by atoms with van der Waals surface area (Å²) in [7, 11) is 0. The summed E-state index contributed by atoms with van der Waals surface area (Å²) < 4.78 is 0. The van der Waals surface area contributed by atoms with Gasteiger partial charge in [0, 0.05) is 17.0 Å². The van der Waals surface area contributed by atoms with E-state index in [1.54, 1.807) is 10.4 Å². The summed E-state index contributed by atoms with van der Waals surface area (Å²) in [5, 5.41) is 6.17. The van der Waals surface area contributed by atoms with E-state index in [0.717, 1.165) is 6.04 Å². The topological polar surface area (TPSA) is 12.0 Å². The van der Waals surface area contributed by atoms with Gasteiger partial charge < -0.3 is 5.32 Å². The summed E-state index contributed by atoms with van der Waals surface area (Å²) in [6.45, 7) is 4.59. The van der Waals surface area contributed by atoms with Crippen molar-refractivity contribution in [1.82, 2.24) is 5.32 Å². The molecule has 0 amide bonds. The summed E-state index contributed by atoms with van der Waals surface area (Å²) in [5.41, 5.74) is 1.60. The second-order valence-electron chi connectivity index (χ2n) is 5.18. The molecule has 1 N–H and O–H groups in total. The zero-order valence-corrected chi connectivity index (χ0v) is 12.0. The van der Waals surface area contributed by atoms with E-state index in [4.69, 9.17) is 0 Å². The minimum Gasteiger partial charge on any atom is -0.307 e. The first-order chi connectivity index (χ1) is 8.35. The van der Waals surface area contributed by atoms with Crippen molar-refractivity contribution in [3.63, 3.8) is 0 Å². The Kier molecular flexibility index (Phi) is 5.05. The number of aryl methyl sites for hydroxylation is 1. The second-order valence-corrected chi connectivity index (χ2v) is 6.19. The fourth-order valence-electron chi connectivity index (χ4n) is 2.95. The second kappa shape index (κ2) is 6.55. The fraction of sp³-hybridized carbons (Fsp3) is 0.733. The molecule has 1 unspecified atom stereocenters. The standard InChI is InChI=1S/C15H25NS/c1-3-6-12(7-4-2)16-14-8-5-9-15-13(14)10-11-17-15/h10-12,14,16H,3-9H2,1-2H3. The summed E-state index contributed by atoms with van der Waals surface area (Å²) in [5.74, 6) is 0. The van der Waals surface area contributed by atoms with Gasteiger partial charge in [0.15, 0.2) is 0 Å². The molecule has 0 saturated carbocycles. The lowest BCUT2D eigenvalue weighted by Gasteiger charge is -2.29. The highest BCUT2D eigenvalue weighted by Crippen LogP contribution is 2.33. The minimum atomic E-state index is 0.632. The highest BCUT2D eigenvalue weighted by Gasteiger charge is 2.22. The van der Waals surface area contributed by atoms with Crippen LogP contribution in [0.25, 0.3) is 0 Å². The number of nitrogens with one attached hydrogen (secondary N) is 1. The Labute approximate surface area is 110 Å². The van der Waals surface area contributed by atoms with Gasteiger partial charge in [0.25, 0.3) is 0 Å². The predicted molar refractivity (Wildman–Crippen MR) is 76.7 cm³/mol. The van der Waals surface area contributed by atoms with Crippen molar-refractivity contribution in [3.05, 3.63) is 21.9 Å². The molecule has 2 heteroatoms. The molecule has 1 aromatic rings. The molecule has 1 aliphatic carbocycles. The summed E-state index contributed by atoms with van der Waals surface area (Å²) in [6, 6.07) is 3.69. The molecule has 2 rings (SSSR count). The Morgan fingerprint density at radius 2 is 2.12 bits per heavy atom. The van der Waals surface area contributed by atoms with Crippen LogP contribution in [0.1, 0.15) is 68.9 Å². The monoisotopic (exact) mass is 251 g/mol. The lowest BCUT2D eigenvalue weighted by atomic mass is 9.92. The van der Waals surface area contributed by atoms with E-state index in [9.17, 15) is 0 Å². The average molecular weight is 251 g/mol. The predicted octanol–water partition coefficient (Wildman–Crippen LogP) is 4.68. The van der Waals surface area contributed by atoms with Crippen molar-refractivity contribution in [2.75, 3.05) is 0 Å². The zero-order chi connectivity index (χ0) is 12.1. The number of fused-ring (bicyclic) bond motifs is 1. The van der Waals surface area contributed by atoms with E-state index in [0.29, 0.717) is 6.04 Å². The van der Waals surface area contributed by atoms with Crippen molar-refractivity contribution in [1.29, 1.82) is 0 Å². The molecule has 1 aromatic heterocycles. The molecule has 0 fully saturated rings. The first-order valence-corrected chi connectivity index (χ1v) is 8.05. The van der Waals surface area contributed by atoms with E-state index in [1.165, 1.54) is 44.9 Å². The van der Waals surface area contributed by atoms with Gasteiger partial charge in [-0.2, -0.15) is 0 Å². The number of hydrogen-bond acceptors (Lipinski definition) is 2. The largest absolute Gasteiger partial charge is 0.307 e. The maximum absolute atomic E-state index is 3.91. The van der Waals surface area contributed by atoms with Gasteiger partial charge in [0.05, 0.1) is 0 Å². The SMILES string of the molecule is CCCC(CCC)NC1CCCc2sccc21. The third-order valence-electron chi connectivity index (χ3n) is 3.76. The van der Waals surface area contributed by atoms with Crippen LogP contribution in [0, 0.1) is 0 Å². The van der Waals surface area contributed by atoms with Gasteiger partial charge in [0.1, 0.15) is 0 Å². The smallest absolute Gasteiger partial charge is 0.0333 e. The molecule has 0 radical (unpaired) electrons. The molecule has 0 spiro atoms. The first kappa shape index (κ1) is 13.1. The minimum absolute atomic E-state index is 0.632. The molecule has 0 bridgehead atoms. The van der Waals surface area contributed by atoms with Crippen LogP contribution in [0.5, 0.6) is 0 Å². The van der Waals surface area contributed by atoms with E-state index in [-0.39, 0.29) is 0 Å². The van der Waals surface area contributed by atoms with Gasteiger partial charge in [-0.05, 0) is 49.1 Å². The lowest BCUT2D eigenvalue weighted by Crippen LogP contribution is -2.34. The highest BCUT2D eigenvalue weighted by atomic mass is 32.1. The van der Waals surface area contributed by atoms with Gasteiger partial charge in [-0.25, -0.2) is 0 Å². The van der Waals surface area contributed by atoms with Crippen molar-refractivity contribution in [3.8, 4) is 0 Å². The molecule has 1 aliphatic rings. The van der Waals surface area contributed by atoms with Gasteiger partial charge in [0.2, 0.25) is 0 Å². The van der Waals surface area contributed by atoms with Crippen LogP contribution in [-0.2, 0) is 6.42 Å². The maximum Gasteiger partial charge on any atom is 0.0333 e. The number of rotatable bonds is 6. The molecule has 0 aliphatic heterocycles. The molecule has 1 heterocycles. The Morgan fingerprint density at radius 3 is 2.82 bits per heavy atom. The van der Waals surface area contributed by atoms with E-state index < -0.39 is 0 Å². The Hall–Kier alpha value is -0.340. The van der Waals surface area contributed by atoms with E-state index in [2.05, 4.69) is 30.6 Å². The third kappa shape index (κ3) is 3.32. The summed E-state index contributed by atoms with van der Waals surface area (Å²) in [4.78, 5) is 1.63. The van der Waals surface area contributed by atoms with Crippen molar-refractivity contribution in [2.45, 2.75) is 70.9 Å². The molecule has 1 atom stereocenters. The zero-order valence-electron chi connectivity index (χ0n) is 11.2.